The topological polar surface area (TPSA) is 109 Å². The minimum absolute atomic E-state index is 0.0155. The van der Waals surface area contributed by atoms with Gasteiger partial charge in [-0.3, -0.25) is 31.1 Å². The largest absolute Gasteiger partial charge is 0.457 e. The molecule has 3 rings (SSSR count). The van der Waals surface area contributed by atoms with Gasteiger partial charge in [0.1, 0.15) is 11.5 Å². The number of nitrogens with one attached hydrogen (secondary N) is 3. The van der Waals surface area contributed by atoms with Crippen molar-refractivity contribution in [2.24, 2.45) is 0 Å². The number of nitro benzene ring substituents is 1. The normalized spacial score (nSPS) is 10.6. The van der Waals surface area contributed by atoms with Gasteiger partial charge in [0.05, 0.1) is 10.6 Å². The molecule has 1 amide bonds. The predicted octanol–water partition coefficient (Wildman–Crippen LogP) is 5.19. The van der Waals surface area contributed by atoms with Crippen LogP contribution in [0.4, 0.5) is 11.4 Å². The number of amides is 1. The van der Waals surface area contributed by atoms with Gasteiger partial charge in [0.25, 0.3) is 5.69 Å². The fourth-order valence-electron chi connectivity index (χ4n) is 2.43. The lowest BCUT2D eigenvalue weighted by molar-refractivity contribution is -0.384. The number of hydrazine groups is 1. The van der Waals surface area contributed by atoms with Crippen molar-refractivity contribution in [2.45, 2.75) is 0 Å². The Hall–Kier alpha value is -3.40. The Labute approximate surface area is 192 Å². The van der Waals surface area contributed by atoms with E-state index in [1.807, 2.05) is 0 Å². The van der Waals surface area contributed by atoms with Gasteiger partial charge in [0.2, 0.25) is 5.91 Å². The van der Waals surface area contributed by atoms with Crippen LogP contribution in [0.5, 0.6) is 0 Å². The van der Waals surface area contributed by atoms with Gasteiger partial charge in [-0.05, 0) is 60.8 Å². The van der Waals surface area contributed by atoms with Crippen LogP contribution >= 0.6 is 35.4 Å². The van der Waals surface area contributed by atoms with E-state index in [1.54, 1.807) is 30.3 Å². The number of carbonyl (C=O) groups excluding carboxylic acids is 1. The van der Waals surface area contributed by atoms with E-state index in [0.29, 0.717) is 32.8 Å². The van der Waals surface area contributed by atoms with Crippen LogP contribution in [0.25, 0.3) is 17.4 Å². The summed E-state index contributed by atoms with van der Waals surface area (Å²) in [7, 11) is 0. The summed E-state index contributed by atoms with van der Waals surface area (Å²) in [6.45, 7) is 0. The third-order valence-electron chi connectivity index (χ3n) is 3.81. The molecule has 3 N–H and O–H groups in total. The van der Waals surface area contributed by atoms with Crippen LogP contribution in [0.1, 0.15) is 5.76 Å². The Morgan fingerprint density at radius 1 is 1.06 bits per heavy atom. The maximum atomic E-state index is 12.0. The Kier molecular flexibility index (Phi) is 7.24. The molecule has 0 fully saturated rings. The van der Waals surface area contributed by atoms with Gasteiger partial charge in [0.15, 0.2) is 5.11 Å². The van der Waals surface area contributed by atoms with Crippen molar-refractivity contribution >= 4 is 63.9 Å². The van der Waals surface area contributed by atoms with E-state index >= 15 is 0 Å². The van der Waals surface area contributed by atoms with Crippen molar-refractivity contribution in [1.82, 2.24) is 10.7 Å². The molecule has 0 bridgehead atoms. The van der Waals surface area contributed by atoms with Crippen molar-refractivity contribution in [3.63, 3.8) is 0 Å². The summed E-state index contributed by atoms with van der Waals surface area (Å²) >= 11 is 17.0. The molecular formula is C20H14Cl2N4O4S. The van der Waals surface area contributed by atoms with Gasteiger partial charge in [-0.1, -0.05) is 23.2 Å². The quantitative estimate of drug-likeness (QED) is 0.194. The molecule has 0 aliphatic heterocycles. The van der Waals surface area contributed by atoms with E-state index in [9.17, 15) is 14.9 Å². The second kappa shape index (κ2) is 10.1. The molecule has 31 heavy (non-hydrogen) atoms. The summed E-state index contributed by atoms with van der Waals surface area (Å²) < 4.78 is 5.67. The van der Waals surface area contributed by atoms with Gasteiger partial charge >= 0.3 is 0 Å². The minimum atomic E-state index is -0.499. The maximum Gasteiger partial charge on any atom is 0.269 e. The van der Waals surface area contributed by atoms with Crippen LogP contribution in [0.3, 0.4) is 0 Å². The highest BCUT2D eigenvalue weighted by Gasteiger charge is 2.07. The van der Waals surface area contributed by atoms with E-state index in [0.717, 1.165) is 0 Å². The molecule has 0 aliphatic rings. The van der Waals surface area contributed by atoms with Crippen molar-refractivity contribution in [2.75, 3.05) is 5.43 Å². The summed E-state index contributed by atoms with van der Waals surface area (Å²) in [5, 5.41) is 14.1. The number of benzene rings is 2. The number of hydrogen-bond donors (Lipinski definition) is 3. The highest BCUT2D eigenvalue weighted by atomic mass is 35.5. The third-order valence-corrected chi connectivity index (χ3v) is 4.45. The Morgan fingerprint density at radius 3 is 2.39 bits per heavy atom. The average molecular weight is 477 g/mol. The second-order valence-electron chi connectivity index (χ2n) is 6.07. The highest BCUT2D eigenvalue weighted by Crippen LogP contribution is 2.28. The number of anilines is 1. The number of furan rings is 1. The van der Waals surface area contributed by atoms with Gasteiger partial charge in [0, 0.05) is 33.8 Å². The summed E-state index contributed by atoms with van der Waals surface area (Å²) in [5.41, 5.74) is 6.54. The van der Waals surface area contributed by atoms with Crippen molar-refractivity contribution in [3.8, 4) is 11.3 Å². The fourth-order valence-corrected chi connectivity index (χ4v) is 3.11. The summed E-state index contributed by atoms with van der Waals surface area (Å²) in [6.07, 6.45) is 2.74. The first-order valence-corrected chi connectivity index (χ1v) is 9.82. The zero-order valence-electron chi connectivity index (χ0n) is 15.6. The van der Waals surface area contributed by atoms with Crippen LogP contribution in [0, 0.1) is 10.1 Å². The first-order chi connectivity index (χ1) is 14.8. The standard InChI is InChI=1S/C20H14Cl2N4O4S/c21-13-9-12(10-14(22)11-13)18-7-5-17(30-18)6-8-19(27)23-20(31)25-24-15-1-3-16(4-2-15)26(28)29/h1-11,24H,(H2,23,25,27,31)/b8-6+. The number of halogens is 2. The summed E-state index contributed by atoms with van der Waals surface area (Å²) in [6, 6.07) is 14.2. The average Bonchev–Trinajstić information content (AvgIpc) is 3.19. The Balaban J connectivity index is 1.51. The monoisotopic (exact) mass is 476 g/mol. The van der Waals surface area contributed by atoms with E-state index < -0.39 is 10.8 Å². The number of carbonyl (C=O) groups is 1. The van der Waals surface area contributed by atoms with E-state index in [1.165, 1.54) is 36.4 Å². The predicted molar refractivity (Wildman–Crippen MR) is 124 cm³/mol. The molecule has 8 nitrogen and oxygen atoms in total. The number of non-ortho nitro benzene ring substituents is 1. The van der Waals surface area contributed by atoms with Gasteiger partial charge in [-0.15, -0.1) is 0 Å². The van der Waals surface area contributed by atoms with Crippen molar-refractivity contribution < 1.29 is 14.1 Å². The molecule has 0 atom stereocenters. The summed E-state index contributed by atoms with van der Waals surface area (Å²) in [5.74, 6) is 0.518. The van der Waals surface area contributed by atoms with Gasteiger partial charge < -0.3 is 4.42 Å². The maximum absolute atomic E-state index is 12.0. The number of hydrogen-bond acceptors (Lipinski definition) is 6. The number of nitro groups is 1. The lowest BCUT2D eigenvalue weighted by atomic mass is 10.2. The van der Waals surface area contributed by atoms with Crippen LogP contribution in [-0.2, 0) is 4.79 Å². The molecule has 0 unspecified atom stereocenters. The minimum Gasteiger partial charge on any atom is -0.457 e. The molecule has 0 saturated carbocycles. The third kappa shape index (κ3) is 6.54. The molecule has 0 aliphatic carbocycles. The molecule has 2 aromatic carbocycles. The Bertz CT molecular complexity index is 1140. The lowest BCUT2D eigenvalue weighted by Gasteiger charge is -2.10. The van der Waals surface area contributed by atoms with E-state index in [2.05, 4.69) is 16.2 Å². The molecular weight excluding hydrogens is 463 g/mol. The van der Waals surface area contributed by atoms with E-state index in [-0.39, 0.29) is 10.8 Å². The lowest BCUT2D eigenvalue weighted by Crippen LogP contribution is -2.41. The first kappa shape index (κ1) is 22.3. The number of nitrogens with zero attached hydrogens (tertiary/aromatic N) is 1. The molecule has 1 heterocycles. The smallest absolute Gasteiger partial charge is 0.269 e. The van der Waals surface area contributed by atoms with Crippen LogP contribution in [0.15, 0.2) is 65.1 Å². The first-order valence-electron chi connectivity index (χ1n) is 8.66. The molecule has 0 radical (unpaired) electrons. The van der Waals surface area contributed by atoms with Crippen LogP contribution in [-0.4, -0.2) is 15.9 Å². The molecule has 158 valence electrons. The van der Waals surface area contributed by atoms with Gasteiger partial charge in [-0.25, -0.2) is 0 Å². The van der Waals surface area contributed by atoms with E-state index in [4.69, 9.17) is 39.8 Å². The molecule has 0 saturated heterocycles. The molecule has 0 spiro atoms. The van der Waals surface area contributed by atoms with Crippen molar-refractivity contribution in [3.05, 3.63) is 86.6 Å². The molecule has 11 heteroatoms. The molecule has 3 aromatic rings. The van der Waals surface area contributed by atoms with Crippen LogP contribution in [0.2, 0.25) is 10.0 Å². The van der Waals surface area contributed by atoms with Crippen LogP contribution < -0.4 is 16.2 Å². The van der Waals surface area contributed by atoms with Crippen molar-refractivity contribution in [1.29, 1.82) is 0 Å². The highest BCUT2D eigenvalue weighted by molar-refractivity contribution is 7.80. The Morgan fingerprint density at radius 2 is 1.74 bits per heavy atom. The second-order valence-corrected chi connectivity index (χ2v) is 7.35. The van der Waals surface area contributed by atoms with Gasteiger partial charge in [-0.2, -0.15) is 0 Å². The SMILES string of the molecule is O=C(/C=C/c1ccc(-c2cc(Cl)cc(Cl)c2)o1)NC(=S)NNc1ccc([N+](=O)[O-])cc1. The summed E-state index contributed by atoms with van der Waals surface area (Å²) in [4.78, 5) is 22.2. The fraction of sp³-hybridized carbons (Fsp3) is 0. The number of rotatable bonds is 6. The number of thiocarbonyl (C=S) groups is 1. The zero-order valence-corrected chi connectivity index (χ0v) is 17.9. The zero-order chi connectivity index (χ0) is 22.4. The molecule has 1 aromatic heterocycles.